The Kier molecular flexibility index (Phi) is 1.71. The van der Waals surface area contributed by atoms with Crippen molar-refractivity contribution in [2.24, 2.45) is 5.73 Å². The summed E-state index contributed by atoms with van der Waals surface area (Å²) < 4.78 is 0. The van der Waals surface area contributed by atoms with Gasteiger partial charge in [0.1, 0.15) is 11.7 Å². The van der Waals surface area contributed by atoms with E-state index in [2.05, 4.69) is 0 Å². The minimum absolute atomic E-state index is 0.000787. The van der Waals surface area contributed by atoms with Gasteiger partial charge in [0.25, 0.3) is 0 Å². The van der Waals surface area contributed by atoms with Crippen molar-refractivity contribution in [3.8, 4) is 0 Å². The van der Waals surface area contributed by atoms with Crippen molar-refractivity contribution in [3.63, 3.8) is 0 Å². The van der Waals surface area contributed by atoms with Crippen LogP contribution >= 0.6 is 0 Å². The van der Waals surface area contributed by atoms with E-state index in [1.54, 1.807) is 12.0 Å². The zero-order chi connectivity index (χ0) is 7.56. The van der Waals surface area contributed by atoms with Gasteiger partial charge in [-0.2, -0.15) is 0 Å². The molecule has 1 atom stereocenters. The zero-order valence-electron chi connectivity index (χ0n) is 5.24. The maximum Gasteiger partial charge on any atom is 0.130 e. The predicted molar refractivity (Wildman–Crippen MR) is 37.0 cm³/mol. The fourth-order valence-electron chi connectivity index (χ4n) is 0.715. The Hall–Kier alpha value is -1.31. The molecular weight excluding hydrogens is 130 g/mol. The smallest absolute Gasteiger partial charge is 0.130 e. The summed E-state index contributed by atoms with van der Waals surface area (Å²) in [7, 11) is 0. The van der Waals surface area contributed by atoms with Crippen molar-refractivity contribution in [3.05, 3.63) is 29.6 Å². The van der Waals surface area contributed by atoms with E-state index < -0.39 is 6.04 Å². The molecule has 0 amide bonds. The first-order chi connectivity index (χ1) is 4.75. The van der Waals surface area contributed by atoms with E-state index in [4.69, 9.17) is 10.8 Å². The lowest BCUT2D eigenvalue weighted by molar-refractivity contribution is 0.380. The number of aliphatic hydroxyl groups is 1. The third-order valence-electron chi connectivity index (χ3n) is 1.31. The molecule has 0 saturated heterocycles. The fraction of sp³-hybridized carbons (Fsp3) is 0.143. The molecule has 0 heterocycles. The quantitative estimate of drug-likeness (QED) is 0.465. The molecule has 0 aromatic rings. The predicted octanol–water partition coefficient (Wildman–Crippen LogP) is 0.0834. The molecule has 1 aliphatic rings. The van der Waals surface area contributed by atoms with Crippen LogP contribution < -0.4 is 5.73 Å². The summed E-state index contributed by atoms with van der Waals surface area (Å²) in [6.07, 6.45) is 4.53. The van der Waals surface area contributed by atoms with E-state index in [1.165, 1.54) is 12.2 Å². The third-order valence-corrected chi connectivity index (χ3v) is 1.31. The molecular formula is C7H7NO2. The second kappa shape index (κ2) is 2.52. The number of aliphatic hydroxyl groups excluding tert-OH is 1. The monoisotopic (exact) mass is 137 g/mol. The Morgan fingerprint density at radius 3 is 2.90 bits per heavy atom. The highest BCUT2D eigenvalue weighted by atomic mass is 16.3. The molecule has 0 spiro atoms. The van der Waals surface area contributed by atoms with Crippen LogP contribution in [-0.4, -0.2) is 17.1 Å². The standard InChI is InChI=1S/C7H7NO2/c8-7-5(4-9)2-1-3-6(7)10/h1-3,7,10H,8H2. The van der Waals surface area contributed by atoms with Gasteiger partial charge in [0.2, 0.25) is 0 Å². The Bertz CT molecular complexity index is 246. The Morgan fingerprint density at radius 2 is 2.40 bits per heavy atom. The fourth-order valence-corrected chi connectivity index (χ4v) is 0.715. The van der Waals surface area contributed by atoms with Crippen LogP contribution in [0.5, 0.6) is 0 Å². The molecule has 0 bridgehead atoms. The van der Waals surface area contributed by atoms with Crippen LogP contribution in [0.3, 0.4) is 0 Å². The van der Waals surface area contributed by atoms with Gasteiger partial charge in [0, 0.05) is 0 Å². The first-order valence-electron chi connectivity index (χ1n) is 2.83. The van der Waals surface area contributed by atoms with E-state index in [1.807, 2.05) is 0 Å². The van der Waals surface area contributed by atoms with Crippen LogP contribution in [-0.2, 0) is 4.79 Å². The van der Waals surface area contributed by atoms with Crippen molar-refractivity contribution in [2.75, 3.05) is 0 Å². The largest absolute Gasteiger partial charge is 0.510 e. The summed E-state index contributed by atoms with van der Waals surface area (Å²) in [5, 5.41) is 8.96. The normalized spacial score (nSPS) is 23.9. The van der Waals surface area contributed by atoms with Crippen LogP contribution in [0, 0.1) is 0 Å². The lowest BCUT2D eigenvalue weighted by atomic mass is 10.0. The summed E-state index contributed by atoms with van der Waals surface area (Å²) in [4.78, 5) is 10.1. The molecule has 3 N–H and O–H groups in total. The van der Waals surface area contributed by atoms with Crippen molar-refractivity contribution >= 4 is 5.94 Å². The number of allylic oxidation sites excluding steroid dienone is 2. The average molecular weight is 137 g/mol. The molecule has 3 nitrogen and oxygen atoms in total. The van der Waals surface area contributed by atoms with E-state index >= 15 is 0 Å². The van der Waals surface area contributed by atoms with Crippen LogP contribution in [0.25, 0.3) is 0 Å². The van der Waals surface area contributed by atoms with Gasteiger partial charge < -0.3 is 10.8 Å². The molecule has 52 valence electrons. The summed E-state index contributed by atoms with van der Waals surface area (Å²) in [6, 6.07) is -0.692. The van der Waals surface area contributed by atoms with E-state index in [0.29, 0.717) is 0 Å². The van der Waals surface area contributed by atoms with Crippen molar-refractivity contribution in [1.82, 2.24) is 0 Å². The Morgan fingerprint density at radius 1 is 1.70 bits per heavy atom. The van der Waals surface area contributed by atoms with Gasteiger partial charge in [-0.05, 0) is 12.2 Å². The van der Waals surface area contributed by atoms with Gasteiger partial charge in [-0.25, -0.2) is 4.79 Å². The number of hydrogen-bond acceptors (Lipinski definition) is 3. The first kappa shape index (κ1) is 6.81. The Balaban J connectivity index is 3.00. The van der Waals surface area contributed by atoms with Crippen LogP contribution in [0.15, 0.2) is 29.6 Å². The third kappa shape index (κ3) is 1.00. The van der Waals surface area contributed by atoms with Crippen molar-refractivity contribution < 1.29 is 9.90 Å². The molecule has 0 aromatic heterocycles. The molecule has 1 unspecified atom stereocenters. The summed E-state index contributed by atoms with van der Waals surface area (Å²) in [6.45, 7) is 0. The molecule has 1 rings (SSSR count). The van der Waals surface area contributed by atoms with Gasteiger partial charge in [-0.1, -0.05) is 6.08 Å². The van der Waals surface area contributed by atoms with Crippen LogP contribution in [0.2, 0.25) is 0 Å². The Labute approximate surface area is 58.1 Å². The minimum atomic E-state index is -0.692. The number of hydrogen-bond donors (Lipinski definition) is 2. The second-order valence-electron chi connectivity index (χ2n) is 1.99. The van der Waals surface area contributed by atoms with E-state index in [9.17, 15) is 4.79 Å². The van der Waals surface area contributed by atoms with E-state index in [0.717, 1.165) is 0 Å². The summed E-state index contributed by atoms with van der Waals surface area (Å²) in [5.74, 6) is 1.64. The molecule has 3 heteroatoms. The van der Waals surface area contributed by atoms with Gasteiger partial charge in [0.05, 0.1) is 11.6 Å². The lowest BCUT2D eigenvalue weighted by Gasteiger charge is -2.11. The average Bonchev–Trinajstić information content (AvgIpc) is 1.95. The van der Waals surface area contributed by atoms with Gasteiger partial charge >= 0.3 is 0 Å². The van der Waals surface area contributed by atoms with Gasteiger partial charge in [-0.15, -0.1) is 0 Å². The number of nitrogens with two attached hydrogens (primary N) is 1. The van der Waals surface area contributed by atoms with Crippen LogP contribution in [0.4, 0.5) is 0 Å². The molecule has 0 aromatic carbocycles. The molecule has 10 heavy (non-hydrogen) atoms. The molecule has 1 aliphatic carbocycles. The highest BCUT2D eigenvalue weighted by Crippen LogP contribution is 2.10. The lowest BCUT2D eigenvalue weighted by Crippen LogP contribution is -2.26. The molecule has 0 aliphatic heterocycles. The first-order valence-corrected chi connectivity index (χ1v) is 2.83. The van der Waals surface area contributed by atoms with E-state index in [-0.39, 0.29) is 11.3 Å². The SMILES string of the molecule is NC1C(=C=O)C=CC=C1O. The zero-order valence-corrected chi connectivity index (χ0v) is 5.24. The molecule has 0 radical (unpaired) electrons. The highest BCUT2D eigenvalue weighted by Gasteiger charge is 2.14. The topological polar surface area (TPSA) is 63.3 Å². The van der Waals surface area contributed by atoms with Gasteiger partial charge in [0.15, 0.2) is 0 Å². The number of rotatable bonds is 0. The molecule has 0 fully saturated rings. The minimum Gasteiger partial charge on any atom is -0.510 e. The van der Waals surface area contributed by atoms with Gasteiger partial charge in [-0.3, -0.25) is 0 Å². The highest BCUT2D eigenvalue weighted by molar-refractivity contribution is 5.62. The summed E-state index contributed by atoms with van der Waals surface area (Å²) >= 11 is 0. The number of carbonyl (C=O) groups excluding carboxylic acids is 1. The summed E-state index contributed by atoms with van der Waals surface area (Å²) in [5.41, 5.74) is 5.64. The maximum absolute atomic E-state index is 10.1. The van der Waals surface area contributed by atoms with Crippen LogP contribution in [0.1, 0.15) is 0 Å². The van der Waals surface area contributed by atoms with Crippen molar-refractivity contribution in [1.29, 1.82) is 0 Å². The second-order valence-corrected chi connectivity index (χ2v) is 1.99. The maximum atomic E-state index is 10.1. The van der Waals surface area contributed by atoms with Crippen molar-refractivity contribution in [2.45, 2.75) is 6.04 Å². The molecule has 0 saturated carbocycles.